The first-order valence-corrected chi connectivity index (χ1v) is 20.7. The molecule has 286 valence electrons. The van der Waals surface area contributed by atoms with E-state index in [4.69, 9.17) is 8.83 Å². The molecule has 0 atom stereocenters. The summed E-state index contributed by atoms with van der Waals surface area (Å²) in [7, 11) is 0. The molecule has 3 heteroatoms. The Morgan fingerprint density at radius 3 is 1.43 bits per heavy atom. The Bertz CT molecular complexity index is 3550. The van der Waals surface area contributed by atoms with Crippen LogP contribution in [0.4, 0.5) is 17.1 Å². The second kappa shape index (κ2) is 14.3. The second-order valence-corrected chi connectivity index (χ2v) is 15.6. The minimum Gasteiger partial charge on any atom is -0.455 e. The number of benzene rings is 10. The van der Waals surface area contributed by atoms with Crippen LogP contribution in [-0.4, -0.2) is 0 Å². The molecule has 0 unspecified atom stereocenters. The molecule has 0 aliphatic rings. The van der Waals surface area contributed by atoms with Crippen molar-refractivity contribution in [2.75, 3.05) is 4.90 Å². The molecule has 0 radical (unpaired) electrons. The van der Waals surface area contributed by atoms with Crippen molar-refractivity contribution in [3.63, 3.8) is 0 Å². The highest BCUT2D eigenvalue weighted by atomic mass is 16.3. The Labute approximate surface area is 353 Å². The lowest BCUT2D eigenvalue weighted by Crippen LogP contribution is -2.10. The second-order valence-electron chi connectivity index (χ2n) is 15.6. The van der Waals surface area contributed by atoms with Crippen LogP contribution in [0.25, 0.3) is 99.2 Å². The van der Waals surface area contributed by atoms with Crippen molar-refractivity contribution in [1.29, 1.82) is 0 Å². The number of hydrogen-bond acceptors (Lipinski definition) is 3. The summed E-state index contributed by atoms with van der Waals surface area (Å²) in [6.45, 7) is 0. The van der Waals surface area contributed by atoms with Crippen molar-refractivity contribution in [1.82, 2.24) is 0 Å². The molecule has 0 fully saturated rings. The van der Waals surface area contributed by atoms with Crippen LogP contribution in [0.15, 0.2) is 233 Å². The van der Waals surface area contributed by atoms with E-state index in [2.05, 4.69) is 217 Å². The number of hydrogen-bond donors (Lipinski definition) is 0. The summed E-state index contributed by atoms with van der Waals surface area (Å²) in [6, 6.07) is 79.7. The van der Waals surface area contributed by atoms with E-state index in [0.29, 0.717) is 0 Å². The molecule has 10 aromatic carbocycles. The van der Waals surface area contributed by atoms with Gasteiger partial charge in [0.15, 0.2) is 5.58 Å². The standard InChI is InChI=1S/C58H37NO2/c1-4-15-38(16-5-1)39-27-31-44(32-28-39)59(54-25-14-24-49-47-22-12-13-26-55(47)60-58(49)54)45-33-29-40(30-34-45)43-35-51(42-19-8-3-9-20-42)57-52(36-43)53-37-50(41-17-6-2-7-18-41)46-21-10-11-23-48(46)56(53)61-57/h1-37H. The average Bonchev–Trinajstić information content (AvgIpc) is 3.92. The lowest BCUT2D eigenvalue weighted by atomic mass is 9.93. The molecule has 3 nitrogen and oxygen atoms in total. The van der Waals surface area contributed by atoms with Crippen LogP contribution in [0.3, 0.4) is 0 Å². The molecule has 0 aliphatic heterocycles. The van der Waals surface area contributed by atoms with Crippen LogP contribution in [0, 0.1) is 0 Å². The van der Waals surface area contributed by atoms with E-state index in [1.54, 1.807) is 0 Å². The van der Waals surface area contributed by atoms with Gasteiger partial charge in [0.25, 0.3) is 0 Å². The molecular weight excluding hydrogens is 743 g/mol. The fourth-order valence-electron chi connectivity index (χ4n) is 9.13. The number of rotatable bonds is 7. The van der Waals surface area contributed by atoms with Gasteiger partial charge in [-0.05, 0) is 98.9 Å². The highest BCUT2D eigenvalue weighted by molar-refractivity contribution is 6.21. The molecular formula is C58H37NO2. The first-order valence-electron chi connectivity index (χ1n) is 20.7. The third-order valence-corrected chi connectivity index (χ3v) is 12.1. The zero-order chi connectivity index (χ0) is 40.3. The monoisotopic (exact) mass is 779 g/mol. The van der Waals surface area contributed by atoms with Gasteiger partial charge in [-0.2, -0.15) is 0 Å². The van der Waals surface area contributed by atoms with E-state index in [9.17, 15) is 0 Å². The van der Waals surface area contributed by atoms with E-state index in [1.165, 1.54) is 27.6 Å². The van der Waals surface area contributed by atoms with Crippen LogP contribution < -0.4 is 4.90 Å². The number of nitrogens with zero attached hydrogens (tertiary/aromatic N) is 1. The van der Waals surface area contributed by atoms with Gasteiger partial charge in [-0.3, -0.25) is 0 Å². The van der Waals surface area contributed by atoms with E-state index < -0.39 is 0 Å². The summed E-state index contributed by atoms with van der Waals surface area (Å²) < 4.78 is 13.6. The van der Waals surface area contributed by atoms with Crippen molar-refractivity contribution < 1.29 is 8.83 Å². The van der Waals surface area contributed by atoms with Crippen LogP contribution in [-0.2, 0) is 0 Å². The molecule has 12 aromatic rings. The van der Waals surface area contributed by atoms with Gasteiger partial charge < -0.3 is 13.7 Å². The van der Waals surface area contributed by atoms with Crippen molar-refractivity contribution in [2.45, 2.75) is 0 Å². The number of para-hydroxylation sites is 2. The summed E-state index contributed by atoms with van der Waals surface area (Å²) in [5.41, 5.74) is 15.7. The summed E-state index contributed by atoms with van der Waals surface area (Å²) >= 11 is 0. The van der Waals surface area contributed by atoms with Gasteiger partial charge in [-0.1, -0.05) is 170 Å². The first kappa shape index (κ1) is 34.9. The van der Waals surface area contributed by atoms with E-state index in [0.717, 1.165) is 88.6 Å². The van der Waals surface area contributed by atoms with Gasteiger partial charge in [0.05, 0.1) is 5.69 Å². The molecule has 0 amide bonds. The third-order valence-electron chi connectivity index (χ3n) is 12.1. The highest BCUT2D eigenvalue weighted by Gasteiger charge is 2.22. The Morgan fingerprint density at radius 2 is 0.754 bits per heavy atom. The van der Waals surface area contributed by atoms with E-state index in [-0.39, 0.29) is 0 Å². The van der Waals surface area contributed by atoms with Gasteiger partial charge in [0.1, 0.15) is 16.7 Å². The fraction of sp³-hybridized carbons (Fsp3) is 0. The van der Waals surface area contributed by atoms with E-state index in [1.807, 2.05) is 12.1 Å². The lowest BCUT2D eigenvalue weighted by Gasteiger charge is -2.26. The molecule has 0 aliphatic carbocycles. The average molecular weight is 780 g/mol. The zero-order valence-electron chi connectivity index (χ0n) is 33.1. The molecule has 0 spiro atoms. The van der Waals surface area contributed by atoms with Gasteiger partial charge in [-0.25, -0.2) is 0 Å². The molecule has 0 bridgehead atoms. The largest absolute Gasteiger partial charge is 0.455 e. The normalized spacial score (nSPS) is 11.6. The summed E-state index contributed by atoms with van der Waals surface area (Å²) in [4.78, 5) is 2.31. The summed E-state index contributed by atoms with van der Waals surface area (Å²) in [6.07, 6.45) is 0. The SMILES string of the molecule is c1ccc(-c2ccc(N(c3ccc(-c4cc(-c5ccccc5)c5oc6c7ccccc7c(-c7ccccc7)cc6c5c4)cc3)c3cccc4c3oc3ccccc34)cc2)cc1. The molecule has 0 N–H and O–H groups in total. The van der Waals surface area contributed by atoms with E-state index >= 15 is 0 Å². The molecule has 2 heterocycles. The van der Waals surface area contributed by atoms with Crippen molar-refractivity contribution in [2.24, 2.45) is 0 Å². The van der Waals surface area contributed by atoms with Crippen LogP contribution in [0.5, 0.6) is 0 Å². The van der Waals surface area contributed by atoms with Gasteiger partial charge in [0.2, 0.25) is 0 Å². The Balaban J connectivity index is 1.04. The van der Waals surface area contributed by atoms with Crippen molar-refractivity contribution in [3.8, 4) is 44.5 Å². The predicted molar refractivity (Wildman–Crippen MR) is 255 cm³/mol. The Hall–Kier alpha value is -8.14. The molecule has 0 saturated carbocycles. The molecule has 0 saturated heterocycles. The van der Waals surface area contributed by atoms with Crippen LogP contribution in [0.2, 0.25) is 0 Å². The molecule has 12 rings (SSSR count). The number of anilines is 3. The maximum Gasteiger partial charge on any atom is 0.159 e. The predicted octanol–water partition coefficient (Wildman–Crippen LogP) is 16.8. The minimum atomic E-state index is 0.854. The highest BCUT2D eigenvalue weighted by Crippen LogP contribution is 2.46. The van der Waals surface area contributed by atoms with Crippen molar-refractivity contribution in [3.05, 3.63) is 224 Å². The van der Waals surface area contributed by atoms with Crippen LogP contribution >= 0.6 is 0 Å². The molecule has 2 aromatic heterocycles. The smallest absolute Gasteiger partial charge is 0.159 e. The maximum atomic E-state index is 6.96. The first-order chi connectivity index (χ1) is 30.2. The summed E-state index contributed by atoms with van der Waals surface area (Å²) in [5, 5.41) is 6.68. The quantitative estimate of drug-likeness (QED) is 0.161. The Kier molecular flexibility index (Phi) is 8.17. The van der Waals surface area contributed by atoms with Crippen molar-refractivity contribution >= 4 is 71.7 Å². The maximum absolute atomic E-state index is 6.96. The van der Waals surface area contributed by atoms with Gasteiger partial charge >= 0.3 is 0 Å². The lowest BCUT2D eigenvalue weighted by molar-refractivity contribution is 0.669. The molecule has 61 heavy (non-hydrogen) atoms. The fourth-order valence-corrected chi connectivity index (χ4v) is 9.13. The van der Waals surface area contributed by atoms with Gasteiger partial charge in [-0.15, -0.1) is 0 Å². The van der Waals surface area contributed by atoms with Crippen LogP contribution in [0.1, 0.15) is 0 Å². The number of fused-ring (bicyclic) bond motifs is 8. The number of furan rings is 2. The van der Waals surface area contributed by atoms with Gasteiger partial charge in [0, 0.05) is 43.9 Å². The Morgan fingerprint density at radius 1 is 0.262 bits per heavy atom. The zero-order valence-corrected chi connectivity index (χ0v) is 33.1. The third kappa shape index (κ3) is 5.90. The topological polar surface area (TPSA) is 29.5 Å². The minimum absolute atomic E-state index is 0.854. The summed E-state index contributed by atoms with van der Waals surface area (Å²) in [5.74, 6) is 0.